The van der Waals surface area contributed by atoms with Crippen LogP contribution >= 0.6 is 0 Å². The van der Waals surface area contributed by atoms with Crippen molar-refractivity contribution in [2.75, 3.05) is 0 Å². The first-order valence-electron chi connectivity index (χ1n) is 3.22. The lowest BCUT2D eigenvalue weighted by Gasteiger charge is -1.93. The molecule has 0 fully saturated rings. The number of nitriles is 1. The fourth-order valence-electron chi connectivity index (χ4n) is 0.301. The lowest BCUT2D eigenvalue weighted by Crippen LogP contribution is -2.21. The molecular formula is C6H3F3N4O2. The smallest absolute Gasteiger partial charge is 0.475 e. The SMILES string of the molecule is N#Cc1ccnnn1.O=C(O)C(F)(F)F. The second kappa shape index (κ2) is 5.48. The molecule has 0 amide bonds. The fraction of sp³-hybridized carbons (Fsp3) is 0.167. The third-order valence-corrected chi connectivity index (χ3v) is 0.860. The quantitative estimate of drug-likeness (QED) is 0.678. The molecule has 0 unspecified atom stereocenters. The van der Waals surface area contributed by atoms with E-state index in [9.17, 15) is 13.2 Å². The van der Waals surface area contributed by atoms with E-state index in [1.165, 1.54) is 12.3 Å². The largest absolute Gasteiger partial charge is 0.490 e. The van der Waals surface area contributed by atoms with Gasteiger partial charge in [0.15, 0.2) is 5.69 Å². The van der Waals surface area contributed by atoms with Gasteiger partial charge in [0.1, 0.15) is 6.07 Å². The maximum Gasteiger partial charge on any atom is 0.490 e. The van der Waals surface area contributed by atoms with Crippen LogP contribution in [0.5, 0.6) is 0 Å². The van der Waals surface area contributed by atoms with Gasteiger partial charge in [-0.05, 0) is 11.3 Å². The summed E-state index contributed by atoms with van der Waals surface area (Å²) in [5.41, 5.74) is 0.292. The molecule has 80 valence electrons. The minimum atomic E-state index is -5.08. The van der Waals surface area contributed by atoms with Crippen molar-refractivity contribution in [2.24, 2.45) is 0 Å². The standard InChI is InChI=1S/C4H2N4.C2HF3O2/c5-3-4-1-2-6-8-7-4;3-2(4,5)1(6)7/h1-2H;(H,6,7). The predicted octanol–water partition coefficient (Wildman–Crippen LogP) is 0.377. The van der Waals surface area contributed by atoms with E-state index in [2.05, 4.69) is 15.4 Å². The van der Waals surface area contributed by atoms with Gasteiger partial charge < -0.3 is 5.11 Å². The van der Waals surface area contributed by atoms with Crippen molar-refractivity contribution in [1.29, 1.82) is 5.26 Å². The van der Waals surface area contributed by atoms with E-state index in [0.29, 0.717) is 5.69 Å². The number of carboxylic acid groups (broad SMARTS) is 1. The Morgan fingerprint density at radius 3 is 2.27 bits per heavy atom. The van der Waals surface area contributed by atoms with Crippen molar-refractivity contribution in [2.45, 2.75) is 6.18 Å². The van der Waals surface area contributed by atoms with Crippen LogP contribution in [-0.2, 0) is 4.79 Å². The van der Waals surface area contributed by atoms with E-state index in [1.807, 2.05) is 6.07 Å². The van der Waals surface area contributed by atoms with Gasteiger partial charge in [0.25, 0.3) is 0 Å². The molecule has 0 bridgehead atoms. The van der Waals surface area contributed by atoms with Gasteiger partial charge in [-0.3, -0.25) is 0 Å². The van der Waals surface area contributed by atoms with E-state index in [4.69, 9.17) is 15.2 Å². The van der Waals surface area contributed by atoms with Gasteiger partial charge in [-0.2, -0.15) is 18.4 Å². The first-order valence-corrected chi connectivity index (χ1v) is 3.22. The number of aliphatic carboxylic acids is 1. The molecule has 1 rings (SSSR count). The summed E-state index contributed by atoms with van der Waals surface area (Å²) in [6, 6.07) is 3.31. The Hall–Kier alpha value is -2.24. The van der Waals surface area contributed by atoms with Gasteiger partial charge in [-0.15, -0.1) is 10.2 Å². The molecule has 0 aliphatic carbocycles. The Bertz CT molecular complexity index is 359. The Balaban J connectivity index is 0.000000265. The Morgan fingerprint density at radius 1 is 1.53 bits per heavy atom. The van der Waals surface area contributed by atoms with Crippen LogP contribution in [0.2, 0.25) is 0 Å². The van der Waals surface area contributed by atoms with Crippen LogP contribution < -0.4 is 0 Å². The summed E-state index contributed by atoms with van der Waals surface area (Å²) in [6.45, 7) is 0. The summed E-state index contributed by atoms with van der Waals surface area (Å²) in [6.07, 6.45) is -3.66. The van der Waals surface area contributed by atoms with E-state index in [-0.39, 0.29) is 0 Å². The van der Waals surface area contributed by atoms with Gasteiger partial charge in [0.05, 0.1) is 6.20 Å². The summed E-state index contributed by atoms with van der Waals surface area (Å²) in [5.74, 6) is -2.76. The molecule has 0 aliphatic heterocycles. The minimum Gasteiger partial charge on any atom is -0.475 e. The van der Waals surface area contributed by atoms with Crippen molar-refractivity contribution >= 4 is 5.97 Å². The molecule has 0 spiro atoms. The molecule has 9 heteroatoms. The molecule has 1 aromatic heterocycles. The molecule has 0 radical (unpaired) electrons. The van der Waals surface area contributed by atoms with Gasteiger partial charge in [-0.1, -0.05) is 0 Å². The van der Waals surface area contributed by atoms with E-state index >= 15 is 0 Å². The third-order valence-electron chi connectivity index (χ3n) is 0.860. The second-order valence-corrected chi connectivity index (χ2v) is 1.92. The third kappa shape index (κ3) is 5.92. The van der Waals surface area contributed by atoms with Crippen molar-refractivity contribution in [3.63, 3.8) is 0 Å². The van der Waals surface area contributed by atoms with Crippen molar-refractivity contribution in [1.82, 2.24) is 15.4 Å². The highest BCUT2D eigenvalue weighted by molar-refractivity contribution is 5.73. The number of nitrogens with zero attached hydrogens (tertiary/aromatic N) is 4. The number of alkyl halides is 3. The number of halogens is 3. The number of rotatable bonds is 0. The van der Waals surface area contributed by atoms with Crippen LogP contribution in [0.4, 0.5) is 13.2 Å². The molecule has 15 heavy (non-hydrogen) atoms. The normalized spacial score (nSPS) is 9.47. The second-order valence-electron chi connectivity index (χ2n) is 1.92. The molecule has 0 aromatic carbocycles. The highest BCUT2D eigenvalue weighted by Gasteiger charge is 2.38. The summed E-state index contributed by atoms with van der Waals surface area (Å²) in [5, 5.41) is 25.3. The monoisotopic (exact) mass is 220 g/mol. The van der Waals surface area contributed by atoms with Crippen LogP contribution in [0.1, 0.15) is 5.69 Å². The van der Waals surface area contributed by atoms with Crippen LogP contribution in [0.25, 0.3) is 0 Å². The van der Waals surface area contributed by atoms with Crippen molar-refractivity contribution in [3.8, 4) is 6.07 Å². The maximum absolute atomic E-state index is 10.6. The number of carboxylic acids is 1. The zero-order chi connectivity index (χ0) is 11.9. The van der Waals surface area contributed by atoms with Gasteiger partial charge in [0.2, 0.25) is 0 Å². The molecule has 0 atom stereocenters. The van der Waals surface area contributed by atoms with E-state index < -0.39 is 12.1 Å². The minimum absolute atomic E-state index is 0.292. The molecular weight excluding hydrogens is 217 g/mol. The predicted molar refractivity (Wildman–Crippen MR) is 38.2 cm³/mol. The molecule has 1 heterocycles. The Kier molecular flexibility index (Phi) is 4.66. The van der Waals surface area contributed by atoms with Crippen LogP contribution in [-0.4, -0.2) is 32.7 Å². The average Bonchev–Trinajstić information content (AvgIpc) is 2.18. The number of hydrogen-bond donors (Lipinski definition) is 1. The van der Waals surface area contributed by atoms with Gasteiger partial charge in [-0.25, -0.2) is 4.79 Å². The topological polar surface area (TPSA) is 99.8 Å². The van der Waals surface area contributed by atoms with Crippen LogP contribution in [0, 0.1) is 11.3 Å². The van der Waals surface area contributed by atoms with E-state index in [0.717, 1.165) is 0 Å². The van der Waals surface area contributed by atoms with E-state index in [1.54, 1.807) is 0 Å². The highest BCUT2D eigenvalue weighted by atomic mass is 19.4. The number of carbonyl (C=O) groups is 1. The average molecular weight is 220 g/mol. The number of aromatic nitrogens is 3. The first-order chi connectivity index (χ1) is 6.88. The lowest BCUT2D eigenvalue weighted by atomic mass is 10.5. The first kappa shape index (κ1) is 12.8. The lowest BCUT2D eigenvalue weighted by molar-refractivity contribution is -0.192. The molecule has 0 saturated heterocycles. The highest BCUT2D eigenvalue weighted by Crippen LogP contribution is 2.13. The van der Waals surface area contributed by atoms with Crippen molar-refractivity contribution < 1.29 is 23.1 Å². The summed E-state index contributed by atoms with van der Waals surface area (Å²) >= 11 is 0. The Labute approximate surface area is 81.0 Å². The van der Waals surface area contributed by atoms with Crippen LogP contribution in [0.3, 0.4) is 0 Å². The summed E-state index contributed by atoms with van der Waals surface area (Å²) in [4.78, 5) is 8.90. The van der Waals surface area contributed by atoms with Gasteiger partial charge >= 0.3 is 12.1 Å². The molecule has 6 nitrogen and oxygen atoms in total. The molecule has 1 N–H and O–H groups in total. The molecule has 0 aliphatic rings. The summed E-state index contributed by atoms with van der Waals surface area (Å²) < 4.78 is 31.7. The molecule has 1 aromatic rings. The number of hydrogen-bond acceptors (Lipinski definition) is 5. The van der Waals surface area contributed by atoms with Crippen LogP contribution in [0.15, 0.2) is 12.3 Å². The van der Waals surface area contributed by atoms with Gasteiger partial charge in [0, 0.05) is 0 Å². The fourth-order valence-corrected chi connectivity index (χ4v) is 0.301. The Morgan fingerprint density at radius 2 is 2.07 bits per heavy atom. The molecule has 0 saturated carbocycles. The maximum atomic E-state index is 10.6. The van der Waals surface area contributed by atoms with Crippen molar-refractivity contribution in [3.05, 3.63) is 18.0 Å². The summed E-state index contributed by atoms with van der Waals surface area (Å²) in [7, 11) is 0. The zero-order valence-corrected chi connectivity index (χ0v) is 6.93. The zero-order valence-electron chi connectivity index (χ0n) is 6.93.